The van der Waals surface area contributed by atoms with E-state index >= 15 is 0 Å². The van der Waals surface area contributed by atoms with Gasteiger partial charge in [-0.15, -0.1) is 0 Å². The van der Waals surface area contributed by atoms with Crippen LogP contribution in [0.5, 0.6) is 0 Å². The van der Waals surface area contributed by atoms with Gasteiger partial charge in [-0.2, -0.15) is 0 Å². The molecule has 0 aliphatic carbocycles. The first-order valence-corrected chi connectivity index (χ1v) is 9.30. The Morgan fingerprint density at radius 2 is 1.50 bits per heavy atom. The Kier molecular flexibility index (Phi) is 13.3. The minimum atomic E-state index is -0.262. The van der Waals surface area contributed by atoms with Crippen LogP contribution in [0.2, 0.25) is 0 Å². The van der Waals surface area contributed by atoms with Gasteiger partial charge in [0.1, 0.15) is 0 Å². The Labute approximate surface area is 138 Å². The molecule has 2 heteroatoms. The van der Waals surface area contributed by atoms with Gasteiger partial charge >= 0.3 is 5.97 Å². The van der Waals surface area contributed by atoms with E-state index in [0.29, 0.717) is 18.1 Å². The number of esters is 1. The van der Waals surface area contributed by atoms with Crippen molar-refractivity contribution in [1.29, 1.82) is 0 Å². The zero-order chi connectivity index (χ0) is 16.8. The van der Waals surface area contributed by atoms with Gasteiger partial charge in [-0.1, -0.05) is 85.1 Å². The predicted molar refractivity (Wildman–Crippen MR) is 95.9 cm³/mol. The Morgan fingerprint density at radius 1 is 0.955 bits per heavy atom. The molecule has 0 fully saturated rings. The lowest BCUT2D eigenvalue weighted by molar-refractivity contribution is -0.140. The maximum absolute atomic E-state index is 11.3. The van der Waals surface area contributed by atoms with Crippen molar-refractivity contribution in [3.05, 3.63) is 12.2 Å². The van der Waals surface area contributed by atoms with Crippen LogP contribution in [0.15, 0.2) is 12.2 Å². The lowest BCUT2D eigenvalue weighted by Crippen LogP contribution is -2.14. The standard InChI is InChI=1S/C20H38O2/c1-6-7-8-9-10-11-12-13-14-18(4)15-19(5)16-22-20(21)17(2)3/h18-19H,2,6-16H2,1,3-5H3. The highest BCUT2D eigenvalue weighted by molar-refractivity contribution is 5.86. The van der Waals surface area contributed by atoms with Gasteiger partial charge in [0.05, 0.1) is 6.61 Å². The molecule has 2 atom stereocenters. The fourth-order valence-electron chi connectivity index (χ4n) is 2.84. The van der Waals surface area contributed by atoms with Crippen LogP contribution in [0.25, 0.3) is 0 Å². The van der Waals surface area contributed by atoms with Gasteiger partial charge in [0, 0.05) is 5.57 Å². The summed E-state index contributed by atoms with van der Waals surface area (Å²) in [4.78, 5) is 11.3. The smallest absolute Gasteiger partial charge is 0.333 e. The van der Waals surface area contributed by atoms with Gasteiger partial charge in [-0.25, -0.2) is 4.79 Å². The predicted octanol–water partition coefficient (Wildman–Crippen LogP) is 6.30. The van der Waals surface area contributed by atoms with Gasteiger partial charge < -0.3 is 4.74 Å². The summed E-state index contributed by atoms with van der Waals surface area (Å²) >= 11 is 0. The highest BCUT2D eigenvalue weighted by Gasteiger charge is 2.11. The minimum Gasteiger partial charge on any atom is -0.462 e. The molecule has 0 bridgehead atoms. The quantitative estimate of drug-likeness (QED) is 0.214. The van der Waals surface area contributed by atoms with E-state index in [1.807, 2.05) is 0 Å². The van der Waals surface area contributed by atoms with Crippen molar-refractivity contribution in [2.45, 2.75) is 91.9 Å². The largest absolute Gasteiger partial charge is 0.462 e. The van der Waals surface area contributed by atoms with E-state index < -0.39 is 0 Å². The van der Waals surface area contributed by atoms with Crippen LogP contribution in [-0.4, -0.2) is 12.6 Å². The van der Waals surface area contributed by atoms with Crippen LogP contribution in [0.3, 0.4) is 0 Å². The summed E-state index contributed by atoms with van der Waals surface area (Å²) in [7, 11) is 0. The van der Waals surface area contributed by atoms with Crippen LogP contribution in [-0.2, 0) is 9.53 Å². The third kappa shape index (κ3) is 12.9. The summed E-state index contributed by atoms with van der Waals surface area (Å²) in [5.74, 6) is 0.897. The molecule has 0 amide bonds. The van der Waals surface area contributed by atoms with E-state index in [9.17, 15) is 4.79 Å². The molecule has 0 N–H and O–H groups in total. The number of unbranched alkanes of at least 4 members (excludes halogenated alkanes) is 7. The molecule has 0 aromatic rings. The van der Waals surface area contributed by atoms with E-state index in [1.165, 1.54) is 57.8 Å². The van der Waals surface area contributed by atoms with Crippen molar-refractivity contribution in [3.8, 4) is 0 Å². The zero-order valence-electron chi connectivity index (χ0n) is 15.5. The Bertz CT molecular complexity index is 296. The summed E-state index contributed by atoms with van der Waals surface area (Å²) in [5.41, 5.74) is 0.485. The number of rotatable bonds is 14. The van der Waals surface area contributed by atoms with Crippen molar-refractivity contribution < 1.29 is 9.53 Å². The summed E-state index contributed by atoms with van der Waals surface area (Å²) in [5, 5.41) is 0. The second kappa shape index (κ2) is 13.8. The topological polar surface area (TPSA) is 26.3 Å². The van der Waals surface area contributed by atoms with E-state index in [-0.39, 0.29) is 5.97 Å². The average molecular weight is 311 g/mol. The number of carbonyl (C=O) groups excluding carboxylic acids is 1. The molecular formula is C20H38O2. The fraction of sp³-hybridized carbons (Fsp3) is 0.850. The Hall–Kier alpha value is -0.790. The zero-order valence-corrected chi connectivity index (χ0v) is 15.5. The third-order valence-electron chi connectivity index (χ3n) is 4.20. The molecule has 0 aromatic carbocycles. The molecule has 0 radical (unpaired) electrons. The molecule has 0 rings (SSSR count). The normalized spacial score (nSPS) is 13.6. The molecule has 2 unspecified atom stereocenters. The molecule has 130 valence electrons. The van der Waals surface area contributed by atoms with E-state index in [2.05, 4.69) is 27.4 Å². The summed E-state index contributed by atoms with van der Waals surface area (Å²) in [6, 6.07) is 0. The highest BCUT2D eigenvalue weighted by atomic mass is 16.5. The Balaban J connectivity index is 3.50. The second-order valence-corrected chi connectivity index (χ2v) is 7.09. The number of hydrogen-bond donors (Lipinski definition) is 0. The van der Waals surface area contributed by atoms with Gasteiger partial charge in [0.2, 0.25) is 0 Å². The highest BCUT2D eigenvalue weighted by Crippen LogP contribution is 2.19. The molecule has 22 heavy (non-hydrogen) atoms. The summed E-state index contributed by atoms with van der Waals surface area (Å²) in [6.45, 7) is 12.6. The van der Waals surface area contributed by atoms with Crippen molar-refractivity contribution in [2.75, 3.05) is 6.61 Å². The fourth-order valence-corrected chi connectivity index (χ4v) is 2.84. The van der Waals surface area contributed by atoms with Crippen molar-refractivity contribution >= 4 is 5.97 Å². The SMILES string of the molecule is C=C(C)C(=O)OCC(C)CC(C)CCCCCCCCCC. The molecule has 0 aliphatic rings. The molecule has 2 nitrogen and oxygen atoms in total. The van der Waals surface area contributed by atoms with Crippen LogP contribution in [0.4, 0.5) is 0 Å². The molecule has 0 saturated carbocycles. The van der Waals surface area contributed by atoms with Crippen LogP contribution < -0.4 is 0 Å². The van der Waals surface area contributed by atoms with E-state index in [1.54, 1.807) is 6.92 Å². The first kappa shape index (κ1) is 21.2. The average Bonchev–Trinajstić information content (AvgIpc) is 2.47. The summed E-state index contributed by atoms with van der Waals surface area (Å²) < 4.78 is 5.22. The maximum atomic E-state index is 11.3. The maximum Gasteiger partial charge on any atom is 0.333 e. The molecule has 0 aromatic heterocycles. The number of hydrogen-bond acceptors (Lipinski definition) is 2. The molecule has 0 spiro atoms. The van der Waals surface area contributed by atoms with E-state index in [0.717, 1.165) is 12.3 Å². The van der Waals surface area contributed by atoms with Gasteiger partial charge in [0.25, 0.3) is 0 Å². The number of carbonyl (C=O) groups is 1. The molecular weight excluding hydrogens is 272 g/mol. The Morgan fingerprint density at radius 3 is 2.05 bits per heavy atom. The van der Waals surface area contributed by atoms with E-state index in [4.69, 9.17) is 4.74 Å². The van der Waals surface area contributed by atoms with Gasteiger partial charge in [-0.3, -0.25) is 0 Å². The second-order valence-electron chi connectivity index (χ2n) is 7.09. The van der Waals surface area contributed by atoms with Gasteiger partial charge in [0.15, 0.2) is 0 Å². The van der Waals surface area contributed by atoms with Crippen LogP contribution in [0.1, 0.15) is 91.9 Å². The molecule has 0 saturated heterocycles. The lowest BCUT2D eigenvalue weighted by atomic mass is 9.93. The first-order valence-electron chi connectivity index (χ1n) is 9.30. The van der Waals surface area contributed by atoms with Gasteiger partial charge in [-0.05, 0) is 25.2 Å². The van der Waals surface area contributed by atoms with Crippen molar-refractivity contribution in [2.24, 2.45) is 11.8 Å². The van der Waals surface area contributed by atoms with Crippen molar-refractivity contribution in [3.63, 3.8) is 0 Å². The first-order chi connectivity index (χ1) is 10.5. The van der Waals surface area contributed by atoms with Crippen LogP contribution >= 0.6 is 0 Å². The van der Waals surface area contributed by atoms with Crippen LogP contribution in [0, 0.1) is 11.8 Å². The van der Waals surface area contributed by atoms with Crippen molar-refractivity contribution in [1.82, 2.24) is 0 Å². The minimum absolute atomic E-state index is 0.262. The summed E-state index contributed by atoms with van der Waals surface area (Å²) in [6.07, 6.45) is 13.5. The third-order valence-corrected chi connectivity index (χ3v) is 4.20. The lowest BCUT2D eigenvalue weighted by Gasteiger charge is -2.17. The number of ether oxygens (including phenoxy) is 1. The molecule has 0 heterocycles. The monoisotopic (exact) mass is 310 g/mol. The molecule has 0 aliphatic heterocycles.